The number of carbonyl (C=O) groups excluding carboxylic acids is 2. The summed E-state index contributed by atoms with van der Waals surface area (Å²) in [5, 5.41) is 0. The normalized spacial score (nSPS) is 18.4. The number of hydrogen-bond acceptors (Lipinski definition) is 9. The molecule has 0 aromatic heterocycles. The Labute approximate surface area is 192 Å². The van der Waals surface area contributed by atoms with Crippen LogP contribution >= 0.6 is 0 Å². The minimum atomic E-state index is -0.978. The van der Waals surface area contributed by atoms with Gasteiger partial charge in [0.2, 0.25) is 5.75 Å². The second-order valence-corrected chi connectivity index (χ2v) is 7.19. The number of carbonyl (C=O) groups is 2. The Bertz CT molecular complexity index is 930. The van der Waals surface area contributed by atoms with E-state index in [0.717, 1.165) is 0 Å². The Kier molecular flexibility index (Phi) is 8.37. The number of esters is 2. The van der Waals surface area contributed by atoms with Gasteiger partial charge in [-0.2, -0.15) is 0 Å². The van der Waals surface area contributed by atoms with Crippen molar-refractivity contribution >= 4 is 11.9 Å². The third-order valence-corrected chi connectivity index (χ3v) is 4.85. The van der Waals surface area contributed by atoms with Crippen LogP contribution in [0.3, 0.4) is 0 Å². The van der Waals surface area contributed by atoms with Crippen molar-refractivity contribution in [3.05, 3.63) is 47.5 Å². The van der Waals surface area contributed by atoms with Gasteiger partial charge in [-0.25, -0.2) is 0 Å². The number of ether oxygens (including phenoxy) is 7. The Morgan fingerprint density at radius 1 is 0.758 bits per heavy atom. The van der Waals surface area contributed by atoms with Crippen LogP contribution in [-0.2, 0) is 23.8 Å². The van der Waals surface area contributed by atoms with Crippen molar-refractivity contribution in [1.82, 2.24) is 0 Å². The molecule has 2 aromatic carbocycles. The average Bonchev–Trinajstić information content (AvgIpc) is 2.80. The first kappa shape index (κ1) is 24.2. The van der Waals surface area contributed by atoms with E-state index in [9.17, 15) is 9.59 Å². The maximum atomic E-state index is 12.0. The first-order valence-corrected chi connectivity index (χ1v) is 10.5. The average molecular weight is 460 g/mol. The molecule has 0 saturated heterocycles. The Balaban J connectivity index is 2.16. The zero-order valence-corrected chi connectivity index (χ0v) is 19.1. The van der Waals surface area contributed by atoms with E-state index >= 15 is 0 Å². The van der Waals surface area contributed by atoms with Crippen LogP contribution in [0.15, 0.2) is 36.4 Å². The van der Waals surface area contributed by atoms with Gasteiger partial charge in [-0.15, -0.1) is 0 Å². The van der Waals surface area contributed by atoms with Gasteiger partial charge in [0.25, 0.3) is 0 Å². The van der Waals surface area contributed by atoms with Crippen molar-refractivity contribution in [2.75, 3.05) is 40.6 Å². The van der Waals surface area contributed by atoms with Gasteiger partial charge >= 0.3 is 11.9 Å². The van der Waals surface area contributed by atoms with E-state index in [1.807, 2.05) is 0 Å². The number of benzene rings is 2. The summed E-state index contributed by atoms with van der Waals surface area (Å²) in [6.07, 6.45) is -1.91. The molecule has 9 heteroatoms. The molecule has 0 saturated carbocycles. The standard InChI is InChI=1S/C24H28O9/c1-15(25)32-22-17-5-7-19(8-6-17)30-11-9-29-10-12-31-24-20(27-3)13-18(14-21(24)28-4)23(22)33-16(2)26/h5-8,13-14,22-23H,9-12H2,1-4H3/t22-,23-/m0/s1. The van der Waals surface area contributed by atoms with Crippen LogP contribution in [0.4, 0.5) is 0 Å². The van der Waals surface area contributed by atoms with Crippen molar-refractivity contribution in [1.29, 1.82) is 0 Å². The SMILES string of the molecule is COc1cc2cc(OC)c1OCCOCCOc1ccc(cc1)[C@H](OC(C)=O)[C@H]2OC(C)=O. The largest absolute Gasteiger partial charge is 0.493 e. The van der Waals surface area contributed by atoms with E-state index in [1.165, 1.54) is 28.1 Å². The van der Waals surface area contributed by atoms with Gasteiger partial charge in [0.05, 0.1) is 27.4 Å². The molecule has 0 unspecified atom stereocenters. The second kappa shape index (κ2) is 11.4. The summed E-state index contributed by atoms with van der Waals surface area (Å²) in [5.74, 6) is 0.665. The third kappa shape index (κ3) is 6.29. The molecule has 4 heterocycles. The topological polar surface area (TPSA) is 98.8 Å². The van der Waals surface area contributed by atoms with Crippen molar-refractivity contribution in [3.8, 4) is 23.0 Å². The monoisotopic (exact) mass is 460 g/mol. The zero-order valence-electron chi connectivity index (χ0n) is 19.1. The molecule has 0 spiro atoms. The molecule has 2 atom stereocenters. The van der Waals surface area contributed by atoms with Crippen LogP contribution in [0.1, 0.15) is 37.2 Å². The molecule has 9 nitrogen and oxygen atoms in total. The minimum absolute atomic E-state index is 0.254. The molecule has 4 bridgehead atoms. The van der Waals surface area contributed by atoms with Gasteiger partial charge in [-0.3, -0.25) is 9.59 Å². The van der Waals surface area contributed by atoms with Crippen LogP contribution in [0.2, 0.25) is 0 Å². The molecule has 33 heavy (non-hydrogen) atoms. The molecule has 0 amide bonds. The smallest absolute Gasteiger partial charge is 0.303 e. The fraction of sp³-hybridized carbons (Fsp3) is 0.417. The molecule has 0 N–H and O–H groups in total. The highest BCUT2D eigenvalue weighted by atomic mass is 16.6. The van der Waals surface area contributed by atoms with Gasteiger partial charge in [0.1, 0.15) is 19.0 Å². The van der Waals surface area contributed by atoms with Crippen LogP contribution in [0.25, 0.3) is 0 Å². The molecule has 4 aliphatic rings. The van der Waals surface area contributed by atoms with Gasteiger partial charge in [0, 0.05) is 19.4 Å². The van der Waals surface area contributed by atoms with Crippen molar-refractivity contribution in [3.63, 3.8) is 0 Å². The molecule has 0 fully saturated rings. The predicted molar refractivity (Wildman–Crippen MR) is 117 cm³/mol. The van der Waals surface area contributed by atoms with Crippen LogP contribution in [0, 0.1) is 0 Å². The fourth-order valence-corrected chi connectivity index (χ4v) is 3.45. The predicted octanol–water partition coefficient (Wildman–Crippen LogP) is 3.40. The summed E-state index contributed by atoms with van der Waals surface area (Å²) in [4.78, 5) is 24.0. The van der Waals surface area contributed by atoms with Crippen molar-refractivity contribution in [2.24, 2.45) is 0 Å². The molecule has 0 aliphatic carbocycles. The van der Waals surface area contributed by atoms with E-state index in [0.29, 0.717) is 53.9 Å². The van der Waals surface area contributed by atoms with E-state index in [1.54, 1.807) is 36.4 Å². The zero-order chi connectivity index (χ0) is 23.8. The lowest BCUT2D eigenvalue weighted by Gasteiger charge is -2.28. The van der Waals surface area contributed by atoms with Gasteiger partial charge < -0.3 is 33.2 Å². The van der Waals surface area contributed by atoms with Crippen LogP contribution < -0.4 is 18.9 Å². The summed E-state index contributed by atoms with van der Waals surface area (Å²) >= 11 is 0. The summed E-state index contributed by atoms with van der Waals surface area (Å²) in [7, 11) is 2.98. The quantitative estimate of drug-likeness (QED) is 0.636. The number of methoxy groups -OCH3 is 2. The minimum Gasteiger partial charge on any atom is -0.493 e. The highest BCUT2D eigenvalue weighted by Gasteiger charge is 2.32. The van der Waals surface area contributed by atoms with Gasteiger partial charge in [0.15, 0.2) is 23.7 Å². The van der Waals surface area contributed by atoms with Gasteiger partial charge in [-0.1, -0.05) is 12.1 Å². The Morgan fingerprint density at radius 3 is 1.79 bits per heavy atom. The lowest BCUT2D eigenvalue weighted by atomic mass is 9.96. The van der Waals surface area contributed by atoms with Crippen molar-refractivity contribution in [2.45, 2.75) is 26.1 Å². The third-order valence-electron chi connectivity index (χ3n) is 4.85. The van der Waals surface area contributed by atoms with Crippen LogP contribution in [-0.4, -0.2) is 52.6 Å². The summed E-state index contributed by atoms with van der Waals surface area (Å²) in [6.45, 7) is 3.90. The molecule has 178 valence electrons. The van der Waals surface area contributed by atoms with E-state index in [4.69, 9.17) is 33.2 Å². The van der Waals surface area contributed by atoms with E-state index < -0.39 is 24.1 Å². The Hall–Kier alpha value is -3.46. The first-order chi connectivity index (χ1) is 15.9. The fourth-order valence-electron chi connectivity index (χ4n) is 3.45. The Morgan fingerprint density at radius 2 is 1.27 bits per heavy atom. The maximum Gasteiger partial charge on any atom is 0.303 e. The highest BCUT2D eigenvalue weighted by Crippen LogP contribution is 2.44. The second-order valence-electron chi connectivity index (χ2n) is 7.19. The van der Waals surface area contributed by atoms with E-state index in [-0.39, 0.29) is 6.61 Å². The molecular weight excluding hydrogens is 432 g/mol. The van der Waals surface area contributed by atoms with Crippen molar-refractivity contribution < 1.29 is 42.7 Å². The first-order valence-electron chi connectivity index (χ1n) is 10.5. The number of rotatable bonds is 4. The highest BCUT2D eigenvalue weighted by molar-refractivity contribution is 5.68. The molecule has 0 radical (unpaired) electrons. The lowest BCUT2D eigenvalue weighted by Crippen LogP contribution is -2.22. The lowest BCUT2D eigenvalue weighted by molar-refractivity contribution is -0.166. The summed E-state index contributed by atoms with van der Waals surface area (Å²) in [5.41, 5.74) is 1.11. The van der Waals surface area contributed by atoms with Gasteiger partial charge in [-0.05, 0) is 29.8 Å². The maximum absolute atomic E-state index is 12.0. The molecule has 4 aliphatic heterocycles. The molecular formula is C24H28O9. The number of hydrogen-bond donors (Lipinski definition) is 0. The summed E-state index contributed by atoms with van der Waals surface area (Å²) in [6, 6.07) is 10.3. The molecule has 6 rings (SSSR count). The molecule has 2 aromatic rings. The summed E-state index contributed by atoms with van der Waals surface area (Å²) < 4.78 is 39.4. The van der Waals surface area contributed by atoms with E-state index in [2.05, 4.69) is 0 Å². The van der Waals surface area contributed by atoms with Crippen LogP contribution in [0.5, 0.6) is 23.0 Å².